The van der Waals surface area contributed by atoms with Gasteiger partial charge in [0.2, 0.25) is 5.91 Å². The van der Waals surface area contributed by atoms with Gasteiger partial charge in [0.25, 0.3) is 0 Å². The number of benzene rings is 1. The Balaban J connectivity index is 2.75. The Labute approximate surface area is 178 Å². The lowest BCUT2D eigenvalue weighted by molar-refractivity contribution is -0.115. The summed E-state index contributed by atoms with van der Waals surface area (Å²) in [6.07, 6.45) is 10.0. The Morgan fingerprint density at radius 3 is 2.43 bits per heavy atom. The van der Waals surface area contributed by atoms with Crippen LogP contribution in [0, 0.1) is 6.92 Å². The molecule has 0 radical (unpaired) electrons. The molecule has 1 aromatic rings. The standard InChI is InChI=1S/C22H30N2O2S2/c1-5-14-22(26,15-6-2)19(13-16-28-4)23-21(27)24-20(25)12-11-18-9-7-17(3)8-10-18/h5-12,19,26H,1-2,13-16H2,3-4H3,(H2,23,24,25,27)/b12-11+. The van der Waals surface area contributed by atoms with Crippen molar-refractivity contribution in [1.82, 2.24) is 10.6 Å². The highest BCUT2D eigenvalue weighted by atomic mass is 32.2. The highest BCUT2D eigenvalue weighted by Gasteiger charge is 2.34. The van der Waals surface area contributed by atoms with Crippen LogP contribution >= 0.6 is 24.0 Å². The molecule has 0 aliphatic carbocycles. The number of carbonyl (C=O) groups is 1. The van der Waals surface area contributed by atoms with Crippen molar-refractivity contribution in [3.8, 4) is 0 Å². The molecule has 4 nitrogen and oxygen atoms in total. The number of thioether (sulfide) groups is 1. The van der Waals surface area contributed by atoms with Gasteiger partial charge in [-0.25, -0.2) is 0 Å². The average molecular weight is 419 g/mol. The third kappa shape index (κ3) is 8.42. The first-order valence-electron chi connectivity index (χ1n) is 9.14. The molecule has 0 aliphatic rings. The number of aryl methyl sites for hydroxylation is 1. The van der Waals surface area contributed by atoms with Crippen LogP contribution in [0.3, 0.4) is 0 Å². The van der Waals surface area contributed by atoms with Crippen LogP contribution in [0.15, 0.2) is 55.7 Å². The lowest BCUT2D eigenvalue weighted by atomic mass is 9.85. The summed E-state index contributed by atoms with van der Waals surface area (Å²) in [7, 11) is 0. The van der Waals surface area contributed by atoms with E-state index in [1.807, 2.05) is 37.4 Å². The Morgan fingerprint density at radius 2 is 1.89 bits per heavy atom. The number of thiocarbonyl (C=S) groups is 1. The molecule has 1 unspecified atom stereocenters. The topological polar surface area (TPSA) is 61.4 Å². The SMILES string of the molecule is C=CCC(O)(CC=C)C(CCSC)NC(=S)NC(=O)/C=C/c1ccc(C)cc1. The molecule has 1 atom stereocenters. The number of hydrogen-bond donors (Lipinski definition) is 3. The van der Waals surface area contributed by atoms with E-state index in [4.69, 9.17) is 12.2 Å². The molecule has 0 bridgehead atoms. The molecule has 0 heterocycles. The van der Waals surface area contributed by atoms with E-state index in [-0.39, 0.29) is 17.1 Å². The van der Waals surface area contributed by atoms with E-state index in [0.717, 1.165) is 16.9 Å². The maximum atomic E-state index is 12.2. The number of hydrogen-bond acceptors (Lipinski definition) is 4. The Morgan fingerprint density at radius 1 is 1.29 bits per heavy atom. The lowest BCUT2D eigenvalue weighted by Crippen LogP contribution is -2.55. The van der Waals surface area contributed by atoms with E-state index in [2.05, 4.69) is 23.8 Å². The number of amides is 1. The monoisotopic (exact) mass is 418 g/mol. The second-order valence-corrected chi connectivity index (χ2v) is 8.02. The fourth-order valence-electron chi connectivity index (χ4n) is 2.78. The van der Waals surface area contributed by atoms with Crippen LogP contribution in [0.5, 0.6) is 0 Å². The second kappa shape index (κ2) is 12.5. The van der Waals surface area contributed by atoms with Gasteiger partial charge < -0.3 is 10.4 Å². The van der Waals surface area contributed by atoms with Crippen molar-refractivity contribution in [2.75, 3.05) is 12.0 Å². The van der Waals surface area contributed by atoms with Gasteiger partial charge in [-0.05, 0) is 62.1 Å². The molecule has 152 valence electrons. The van der Waals surface area contributed by atoms with E-state index in [1.54, 1.807) is 30.0 Å². The molecule has 0 aromatic heterocycles. The van der Waals surface area contributed by atoms with Crippen molar-refractivity contribution in [3.05, 3.63) is 66.8 Å². The summed E-state index contributed by atoms with van der Waals surface area (Å²) >= 11 is 6.98. The van der Waals surface area contributed by atoms with Gasteiger partial charge >= 0.3 is 0 Å². The fraction of sp³-hybridized carbons (Fsp3) is 0.364. The number of nitrogens with one attached hydrogen (secondary N) is 2. The summed E-state index contributed by atoms with van der Waals surface area (Å²) in [6.45, 7) is 9.49. The molecule has 0 saturated carbocycles. The normalized spacial score (nSPS) is 12.4. The minimum atomic E-state index is -1.06. The molecule has 1 aromatic carbocycles. The van der Waals surface area contributed by atoms with Gasteiger partial charge in [0.1, 0.15) is 0 Å². The zero-order chi connectivity index (χ0) is 21.0. The summed E-state index contributed by atoms with van der Waals surface area (Å²) in [6, 6.07) is 7.53. The molecule has 28 heavy (non-hydrogen) atoms. The molecule has 3 N–H and O–H groups in total. The minimum Gasteiger partial charge on any atom is -0.387 e. The van der Waals surface area contributed by atoms with Gasteiger partial charge in [0.05, 0.1) is 11.6 Å². The number of aliphatic hydroxyl groups is 1. The Bertz CT molecular complexity index is 689. The Kier molecular flexibility index (Phi) is 10.8. The second-order valence-electron chi connectivity index (χ2n) is 6.63. The summed E-state index contributed by atoms with van der Waals surface area (Å²) in [4.78, 5) is 12.2. The first kappa shape index (κ1) is 24.1. The van der Waals surface area contributed by atoms with Gasteiger partial charge in [0.15, 0.2) is 5.11 Å². The molecular weight excluding hydrogens is 388 g/mol. The van der Waals surface area contributed by atoms with Gasteiger partial charge in [-0.2, -0.15) is 11.8 Å². The molecular formula is C22H30N2O2S2. The van der Waals surface area contributed by atoms with Crippen molar-refractivity contribution < 1.29 is 9.90 Å². The van der Waals surface area contributed by atoms with E-state index in [9.17, 15) is 9.90 Å². The zero-order valence-corrected chi connectivity index (χ0v) is 18.2. The number of carbonyl (C=O) groups excluding carboxylic acids is 1. The van der Waals surface area contributed by atoms with E-state index in [0.29, 0.717) is 19.3 Å². The molecule has 1 amide bonds. The van der Waals surface area contributed by atoms with Crippen LogP contribution < -0.4 is 10.6 Å². The van der Waals surface area contributed by atoms with Crippen LogP contribution in [0.4, 0.5) is 0 Å². The highest BCUT2D eigenvalue weighted by Crippen LogP contribution is 2.24. The van der Waals surface area contributed by atoms with Gasteiger partial charge in [-0.3, -0.25) is 10.1 Å². The van der Waals surface area contributed by atoms with Crippen LogP contribution in [-0.4, -0.2) is 39.8 Å². The maximum absolute atomic E-state index is 12.2. The maximum Gasteiger partial charge on any atom is 0.250 e. The lowest BCUT2D eigenvalue weighted by Gasteiger charge is -2.36. The smallest absolute Gasteiger partial charge is 0.250 e. The summed E-state index contributed by atoms with van der Waals surface area (Å²) in [5, 5.41) is 17.0. The van der Waals surface area contributed by atoms with Gasteiger partial charge in [-0.15, -0.1) is 13.2 Å². The van der Waals surface area contributed by atoms with Crippen molar-refractivity contribution in [1.29, 1.82) is 0 Å². The van der Waals surface area contributed by atoms with Crippen molar-refractivity contribution in [2.45, 2.75) is 37.8 Å². The van der Waals surface area contributed by atoms with Gasteiger partial charge in [0, 0.05) is 6.08 Å². The fourth-order valence-corrected chi connectivity index (χ4v) is 3.49. The predicted octanol–water partition coefficient (Wildman–Crippen LogP) is 4.00. The van der Waals surface area contributed by atoms with Crippen LogP contribution in [-0.2, 0) is 4.79 Å². The third-order valence-electron chi connectivity index (χ3n) is 4.30. The summed E-state index contributed by atoms with van der Waals surface area (Å²) in [5.74, 6) is 0.524. The average Bonchev–Trinajstić information content (AvgIpc) is 2.65. The van der Waals surface area contributed by atoms with Crippen molar-refractivity contribution >= 4 is 41.1 Å². The van der Waals surface area contributed by atoms with Crippen molar-refractivity contribution in [3.63, 3.8) is 0 Å². The Hall–Kier alpha value is -1.89. The minimum absolute atomic E-state index is 0.191. The molecule has 0 fully saturated rings. The van der Waals surface area contributed by atoms with Crippen LogP contribution in [0.2, 0.25) is 0 Å². The summed E-state index contributed by atoms with van der Waals surface area (Å²) < 4.78 is 0. The first-order valence-corrected chi connectivity index (χ1v) is 10.9. The van der Waals surface area contributed by atoms with E-state index >= 15 is 0 Å². The molecule has 0 saturated heterocycles. The molecule has 6 heteroatoms. The van der Waals surface area contributed by atoms with E-state index < -0.39 is 5.60 Å². The van der Waals surface area contributed by atoms with Crippen molar-refractivity contribution in [2.24, 2.45) is 0 Å². The van der Waals surface area contributed by atoms with Crippen LogP contribution in [0.25, 0.3) is 6.08 Å². The van der Waals surface area contributed by atoms with Crippen LogP contribution in [0.1, 0.15) is 30.4 Å². The molecule has 0 spiro atoms. The highest BCUT2D eigenvalue weighted by molar-refractivity contribution is 7.98. The first-order chi connectivity index (χ1) is 13.3. The molecule has 1 rings (SSSR count). The quantitative estimate of drug-likeness (QED) is 0.288. The third-order valence-corrected chi connectivity index (χ3v) is 5.17. The van der Waals surface area contributed by atoms with E-state index in [1.165, 1.54) is 6.08 Å². The summed E-state index contributed by atoms with van der Waals surface area (Å²) in [5.41, 5.74) is 1.03. The van der Waals surface area contributed by atoms with Gasteiger partial charge in [-0.1, -0.05) is 42.0 Å². The zero-order valence-electron chi connectivity index (χ0n) is 16.6. The molecule has 0 aliphatic heterocycles. The number of rotatable bonds is 11. The largest absolute Gasteiger partial charge is 0.387 e. The predicted molar refractivity (Wildman–Crippen MR) is 125 cm³/mol.